The lowest BCUT2D eigenvalue weighted by Gasteiger charge is -2.02. The van der Waals surface area contributed by atoms with Gasteiger partial charge in [-0.15, -0.1) is 0 Å². The Labute approximate surface area is 131 Å². The third kappa shape index (κ3) is 2.99. The van der Waals surface area contributed by atoms with Crippen LogP contribution in [-0.2, 0) is 9.59 Å². The maximum absolute atomic E-state index is 11.7. The molecule has 0 saturated heterocycles. The molecule has 4 nitrogen and oxygen atoms in total. The molecule has 2 amide bonds. The average molecular weight is 308 g/mol. The molecule has 108 valence electrons. The molecule has 0 radical (unpaired) electrons. The normalized spacial score (nSPS) is 15.9. The van der Waals surface area contributed by atoms with Crippen molar-refractivity contribution in [1.29, 1.82) is 0 Å². The van der Waals surface area contributed by atoms with Crippen molar-refractivity contribution >= 4 is 34.7 Å². The SMILES string of the molecule is NC(=O)C1=NC(=O)C(=Cc2ccc(-c3ccccc3)cc2)S1. The zero-order valence-corrected chi connectivity index (χ0v) is 12.3. The fraction of sp³-hybridized carbons (Fsp3) is 0. The number of aliphatic imine (C=N–C) groups is 1. The van der Waals surface area contributed by atoms with E-state index in [1.807, 2.05) is 54.6 Å². The van der Waals surface area contributed by atoms with E-state index < -0.39 is 11.8 Å². The van der Waals surface area contributed by atoms with Gasteiger partial charge in [0.25, 0.3) is 11.8 Å². The molecule has 5 heteroatoms. The van der Waals surface area contributed by atoms with Gasteiger partial charge < -0.3 is 5.73 Å². The molecule has 2 N–H and O–H groups in total. The van der Waals surface area contributed by atoms with Gasteiger partial charge >= 0.3 is 0 Å². The van der Waals surface area contributed by atoms with E-state index in [1.54, 1.807) is 6.08 Å². The second-order valence-electron chi connectivity index (χ2n) is 4.69. The van der Waals surface area contributed by atoms with E-state index in [0.29, 0.717) is 4.91 Å². The Hall–Kier alpha value is -2.66. The Bertz CT molecular complexity index is 793. The maximum atomic E-state index is 11.7. The van der Waals surface area contributed by atoms with Crippen molar-refractivity contribution in [2.75, 3.05) is 0 Å². The van der Waals surface area contributed by atoms with Crippen LogP contribution in [0.25, 0.3) is 17.2 Å². The third-order valence-corrected chi connectivity index (χ3v) is 4.15. The van der Waals surface area contributed by atoms with Gasteiger partial charge in [-0.05, 0) is 22.8 Å². The Morgan fingerprint density at radius 3 is 2.23 bits per heavy atom. The molecule has 0 atom stereocenters. The highest BCUT2D eigenvalue weighted by atomic mass is 32.2. The van der Waals surface area contributed by atoms with Crippen molar-refractivity contribution in [2.24, 2.45) is 10.7 Å². The number of rotatable bonds is 3. The number of thioether (sulfide) groups is 1. The molecule has 2 aromatic carbocycles. The lowest BCUT2D eigenvalue weighted by Crippen LogP contribution is -2.18. The van der Waals surface area contributed by atoms with Gasteiger partial charge in [0.15, 0.2) is 5.04 Å². The standard InChI is InChI=1S/C17H12N2O2S/c18-15(20)17-19-16(21)14(22-17)10-11-6-8-13(9-7-11)12-4-2-1-3-5-12/h1-10H,(H2,18,20). The van der Waals surface area contributed by atoms with Crippen LogP contribution in [0.15, 0.2) is 64.5 Å². The number of carbonyl (C=O) groups is 2. The van der Waals surface area contributed by atoms with Gasteiger partial charge in [-0.1, -0.05) is 66.4 Å². The molecular formula is C17H12N2O2S. The van der Waals surface area contributed by atoms with Crippen LogP contribution in [0.2, 0.25) is 0 Å². The molecule has 0 saturated carbocycles. The fourth-order valence-corrected chi connectivity index (χ4v) is 2.83. The second kappa shape index (κ2) is 5.99. The van der Waals surface area contributed by atoms with E-state index in [0.717, 1.165) is 28.5 Å². The molecule has 1 heterocycles. The molecular weight excluding hydrogens is 296 g/mol. The number of primary amides is 1. The summed E-state index contributed by atoms with van der Waals surface area (Å²) in [6, 6.07) is 17.8. The van der Waals surface area contributed by atoms with Gasteiger partial charge in [0.05, 0.1) is 4.91 Å². The predicted octanol–water partition coefficient (Wildman–Crippen LogP) is 2.85. The zero-order chi connectivity index (χ0) is 15.5. The van der Waals surface area contributed by atoms with Gasteiger partial charge in [0.2, 0.25) is 0 Å². The van der Waals surface area contributed by atoms with Crippen molar-refractivity contribution < 1.29 is 9.59 Å². The number of amides is 2. The van der Waals surface area contributed by atoms with Crippen molar-refractivity contribution in [3.63, 3.8) is 0 Å². The first-order chi connectivity index (χ1) is 10.6. The first kappa shape index (κ1) is 14.3. The first-order valence-electron chi connectivity index (χ1n) is 6.61. The molecule has 0 fully saturated rings. The molecule has 0 spiro atoms. The minimum absolute atomic E-state index is 0.0390. The van der Waals surface area contributed by atoms with Crippen LogP contribution < -0.4 is 5.73 Å². The fourth-order valence-electron chi connectivity index (χ4n) is 2.07. The smallest absolute Gasteiger partial charge is 0.285 e. The van der Waals surface area contributed by atoms with Gasteiger partial charge in [-0.3, -0.25) is 9.59 Å². The van der Waals surface area contributed by atoms with E-state index in [9.17, 15) is 9.59 Å². The summed E-state index contributed by atoms with van der Waals surface area (Å²) in [6.07, 6.45) is 1.71. The number of hydrogen-bond donors (Lipinski definition) is 1. The largest absolute Gasteiger partial charge is 0.364 e. The van der Waals surface area contributed by atoms with Crippen molar-refractivity contribution in [3.8, 4) is 11.1 Å². The minimum atomic E-state index is -0.679. The van der Waals surface area contributed by atoms with Crippen molar-refractivity contribution in [3.05, 3.63) is 65.1 Å². The van der Waals surface area contributed by atoms with Crippen LogP contribution >= 0.6 is 11.8 Å². The quantitative estimate of drug-likeness (QED) is 0.886. The Morgan fingerprint density at radius 2 is 1.64 bits per heavy atom. The number of benzene rings is 2. The highest BCUT2D eigenvalue weighted by Crippen LogP contribution is 2.29. The molecule has 0 bridgehead atoms. The molecule has 0 aromatic heterocycles. The third-order valence-electron chi connectivity index (χ3n) is 3.15. The summed E-state index contributed by atoms with van der Waals surface area (Å²) in [4.78, 5) is 26.8. The summed E-state index contributed by atoms with van der Waals surface area (Å²) in [5, 5.41) is 0.0390. The lowest BCUT2D eigenvalue weighted by molar-refractivity contribution is -0.114. The van der Waals surface area contributed by atoms with E-state index in [1.165, 1.54) is 0 Å². The van der Waals surface area contributed by atoms with Crippen LogP contribution in [0.3, 0.4) is 0 Å². The summed E-state index contributed by atoms with van der Waals surface area (Å²) >= 11 is 1.01. The van der Waals surface area contributed by atoms with E-state index in [-0.39, 0.29) is 5.04 Å². The van der Waals surface area contributed by atoms with Crippen LogP contribution in [0.5, 0.6) is 0 Å². The second-order valence-corrected chi connectivity index (χ2v) is 5.72. The Kier molecular flexibility index (Phi) is 3.89. The number of carbonyl (C=O) groups excluding carboxylic acids is 2. The maximum Gasteiger partial charge on any atom is 0.285 e. The Balaban J connectivity index is 1.82. The van der Waals surface area contributed by atoms with E-state index in [2.05, 4.69) is 4.99 Å². The monoisotopic (exact) mass is 308 g/mol. The lowest BCUT2D eigenvalue weighted by atomic mass is 10.0. The van der Waals surface area contributed by atoms with Crippen LogP contribution in [-0.4, -0.2) is 16.9 Å². The molecule has 2 aromatic rings. The van der Waals surface area contributed by atoms with E-state index >= 15 is 0 Å². The summed E-state index contributed by atoms with van der Waals surface area (Å²) in [6.45, 7) is 0. The van der Waals surface area contributed by atoms with Gasteiger partial charge in [-0.25, -0.2) is 0 Å². The minimum Gasteiger partial charge on any atom is -0.364 e. The Morgan fingerprint density at radius 1 is 1.00 bits per heavy atom. The van der Waals surface area contributed by atoms with Gasteiger partial charge in [-0.2, -0.15) is 4.99 Å². The number of nitrogens with zero attached hydrogens (tertiary/aromatic N) is 1. The molecule has 1 aliphatic heterocycles. The highest BCUT2D eigenvalue weighted by Gasteiger charge is 2.24. The summed E-state index contributed by atoms with van der Waals surface area (Å²) < 4.78 is 0. The van der Waals surface area contributed by atoms with Crippen molar-refractivity contribution in [1.82, 2.24) is 0 Å². The topological polar surface area (TPSA) is 72.5 Å². The zero-order valence-electron chi connectivity index (χ0n) is 11.5. The predicted molar refractivity (Wildman–Crippen MR) is 89.1 cm³/mol. The molecule has 3 rings (SSSR count). The average Bonchev–Trinajstić information content (AvgIpc) is 2.90. The van der Waals surface area contributed by atoms with Crippen LogP contribution in [0.1, 0.15) is 5.56 Å². The summed E-state index contributed by atoms with van der Waals surface area (Å²) in [5.41, 5.74) is 8.23. The molecule has 1 aliphatic rings. The first-order valence-corrected chi connectivity index (χ1v) is 7.43. The number of hydrogen-bond acceptors (Lipinski definition) is 3. The van der Waals surface area contributed by atoms with Crippen LogP contribution in [0.4, 0.5) is 0 Å². The molecule has 0 aliphatic carbocycles. The number of nitrogens with two attached hydrogens (primary N) is 1. The van der Waals surface area contributed by atoms with Crippen molar-refractivity contribution in [2.45, 2.75) is 0 Å². The van der Waals surface area contributed by atoms with E-state index in [4.69, 9.17) is 5.73 Å². The molecule has 22 heavy (non-hydrogen) atoms. The molecule has 0 unspecified atom stereocenters. The highest BCUT2D eigenvalue weighted by molar-refractivity contribution is 8.20. The van der Waals surface area contributed by atoms with Crippen LogP contribution in [0, 0.1) is 0 Å². The van der Waals surface area contributed by atoms with Gasteiger partial charge in [0.1, 0.15) is 0 Å². The summed E-state index contributed by atoms with van der Waals surface area (Å²) in [5.74, 6) is -1.10. The summed E-state index contributed by atoms with van der Waals surface area (Å²) in [7, 11) is 0. The van der Waals surface area contributed by atoms with Gasteiger partial charge in [0, 0.05) is 0 Å².